The highest BCUT2D eigenvalue weighted by Crippen LogP contribution is 2.50. The van der Waals surface area contributed by atoms with Crippen molar-refractivity contribution < 1.29 is 8.83 Å². The number of fused-ring (bicyclic) bond motifs is 14. The van der Waals surface area contributed by atoms with Gasteiger partial charge in [-0.05, 0) is 60.2 Å². The summed E-state index contributed by atoms with van der Waals surface area (Å²) in [5.74, 6) is 1.44. The molecule has 0 atom stereocenters. The number of furan rings is 2. The molecule has 0 N–H and O–H groups in total. The number of hydrogen-bond acceptors (Lipinski definition) is 6. The molecule has 10 aromatic carbocycles. The fourth-order valence-electron chi connectivity index (χ4n) is 11.2. The summed E-state index contributed by atoms with van der Waals surface area (Å²) in [6, 6.07) is 77.1. The zero-order valence-electron chi connectivity index (χ0n) is 38.3. The van der Waals surface area contributed by atoms with Crippen LogP contribution in [0.25, 0.3) is 144 Å². The molecule has 0 aliphatic carbocycles. The van der Waals surface area contributed by atoms with Gasteiger partial charge in [0.05, 0.1) is 49.8 Å². The maximum absolute atomic E-state index is 12.0. The van der Waals surface area contributed by atoms with Gasteiger partial charge in [-0.2, -0.15) is 5.26 Å². The molecule has 15 rings (SSSR count). The summed E-state index contributed by atoms with van der Waals surface area (Å²) in [7, 11) is 0. The number of nitrogens with zero attached hydrogens (tertiary/aromatic N) is 6. The van der Waals surface area contributed by atoms with E-state index in [9.17, 15) is 5.26 Å². The lowest BCUT2D eigenvalue weighted by Gasteiger charge is -2.24. The lowest BCUT2D eigenvalue weighted by molar-refractivity contribution is 0.669. The Morgan fingerprint density at radius 3 is 1.28 bits per heavy atom. The Hall–Kier alpha value is -10.1. The van der Waals surface area contributed by atoms with Gasteiger partial charge in [-0.25, -0.2) is 15.0 Å². The van der Waals surface area contributed by atoms with Crippen molar-refractivity contribution >= 4 is 87.5 Å². The van der Waals surface area contributed by atoms with Crippen LogP contribution in [-0.4, -0.2) is 24.1 Å². The minimum absolute atomic E-state index is 0.415. The molecule has 72 heavy (non-hydrogen) atoms. The molecular weight excluding hydrogens is 885 g/mol. The summed E-state index contributed by atoms with van der Waals surface area (Å²) in [4.78, 5) is 16.0. The molecule has 0 radical (unpaired) electrons. The zero-order valence-corrected chi connectivity index (χ0v) is 38.3. The van der Waals surface area contributed by atoms with E-state index in [4.69, 9.17) is 23.8 Å². The molecule has 15 aromatic rings. The second-order valence-corrected chi connectivity index (χ2v) is 18.1. The lowest BCUT2D eigenvalue weighted by Crippen LogP contribution is -2.10. The highest BCUT2D eigenvalue weighted by molar-refractivity contribution is 6.27. The van der Waals surface area contributed by atoms with Crippen molar-refractivity contribution in [3.05, 3.63) is 224 Å². The number of rotatable bonds is 6. The molecule has 0 saturated heterocycles. The van der Waals surface area contributed by atoms with Crippen LogP contribution in [0.3, 0.4) is 0 Å². The van der Waals surface area contributed by atoms with Crippen molar-refractivity contribution in [2.24, 2.45) is 0 Å². The molecule has 0 aliphatic rings. The van der Waals surface area contributed by atoms with E-state index in [1.54, 1.807) is 0 Å². The van der Waals surface area contributed by atoms with Gasteiger partial charge in [-0.3, -0.25) is 0 Å². The average Bonchev–Trinajstić information content (AvgIpc) is 4.21. The molecule has 0 saturated carbocycles. The quantitative estimate of drug-likeness (QED) is 0.165. The van der Waals surface area contributed by atoms with Crippen molar-refractivity contribution in [3.63, 3.8) is 0 Å². The number of para-hydroxylation sites is 4. The van der Waals surface area contributed by atoms with Crippen LogP contribution in [0.1, 0.15) is 5.56 Å². The van der Waals surface area contributed by atoms with E-state index in [2.05, 4.69) is 137 Å². The fourth-order valence-corrected chi connectivity index (χ4v) is 11.2. The van der Waals surface area contributed by atoms with Crippen LogP contribution in [0.15, 0.2) is 227 Å². The van der Waals surface area contributed by atoms with Crippen molar-refractivity contribution in [3.8, 4) is 62.7 Å². The number of nitriles is 1. The van der Waals surface area contributed by atoms with Gasteiger partial charge in [0, 0.05) is 54.6 Å². The van der Waals surface area contributed by atoms with Crippen LogP contribution in [0.4, 0.5) is 0 Å². The van der Waals surface area contributed by atoms with E-state index in [1.807, 2.05) is 97.1 Å². The Bertz CT molecular complexity index is 4690. The zero-order chi connectivity index (χ0) is 47.4. The molecule has 5 heterocycles. The first-order valence-electron chi connectivity index (χ1n) is 23.9. The summed E-state index contributed by atoms with van der Waals surface area (Å²) in [5.41, 5.74) is 12.9. The van der Waals surface area contributed by atoms with Crippen LogP contribution in [0, 0.1) is 11.3 Å². The van der Waals surface area contributed by atoms with Crippen molar-refractivity contribution in [1.82, 2.24) is 24.1 Å². The minimum atomic E-state index is 0.415. The molecule has 5 aromatic heterocycles. The second-order valence-electron chi connectivity index (χ2n) is 18.1. The van der Waals surface area contributed by atoms with E-state index >= 15 is 0 Å². The Morgan fingerprint density at radius 2 is 0.778 bits per heavy atom. The largest absolute Gasteiger partial charge is 0.456 e. The lowest BCUT2D eigenvalue weighted by atomic mass is 9.92. The van der Waals surface area contributed by atoms with E-state index < -0.39 is 0 Å². The van der Waals surface area contributed by atoms with E-state index in [1.165, 1.54) is 0 Å². The third kappa shape index (κ3) is 5.76. The minimum Gasteiger partial charge on any atom is -0.456 e. The number of aromatic nitrogens is 5. The molecule has 0 spiro atoms. The summed E-state index contributed by atoms with van der Waals surface area (Å²) in [6.07, 6.45) is 0. The molecular formula is C64H36N6O2. The fraction of sp³-hybridized carbons (Fsp3) is 0. The summed E-state index contributed by atoms with van der Waals surface area (Å²) < 4.78 is 18.0. The van der Waals surface area contributed by atoms with Gasteiger partial charge >= 0.3 is 0 Å². The standard InChI is InChI=1S/C64H36N6O2/c65-37-41-36-48(64-67-62(39-20-6-2-7-21-39)66-63(68-64)40-22-8-3-9-23-40)61(70-50-29-15-11-25-43(50)45-33-35-54-57(60(45)70)47-27-13-17-31-52(47)72-54)55(38-18-4-1-5-19-38)58(41)69-49-28-14-10-24-42(49)44-32-34-53-56(59(44)69)46-26-12-16-30-51(46)71-53/h1-36H. The predicted molar refractivity (Wildman–Crippen MR) is 290 cm³/mol. The summed E-state index contributed by atoms with van der Waals surface area (Å²) in [5, 5.41) is 20.1. The van der Waals surface area contributed by atoms with Crippen LogP contribution < -0.4 is 0 Å². The van der Waals surface area contributed by atoms with Gasteiger partial charge in [0.1, 0.15) is 28.4 Å². The third-order valence-corrected chi connectivity index (χ3v) is 14.2. The van der Waals surface area contributed by atoms with Gasteiger partial charge in [-0.1, -0.05) is 164 Å². The Morgan fingerprint density at radius 1 is 0.361 bits per heavy atom. The summed E-state index contributed by atoms with van der Waals surface area (Å²) in [6.45, 7) is 0. The highest BCUT2D eigenvalue weighted by atomic mass is 16.3. The number of hydrogen-bond donors (Lipinski definition) is 0. The van der Waals surface area contributed by atoms with Crippen molar-refractivity contribution in [2.45, 2.75) is 0 Å². The third-order valence-electron chi connectivity index (χ3n) is 14.2. The molecule has 0 aliphatic heterocycles. The van der Waals surface area contributed by atoms with Crippen LogP contribution in [0.5, 0.6) is 0 Å². The Kier molecular flexibility index (Phi) is 8.55. The Balaban J connectivity index is 1.21. The molecule has 0 bridgehead atoms. The first-order valence-corrected chi connectivity index (χ1v) is 23.9. The summed E-state index contributed by atoms with van der Waals surface area (Å²) >= 11 is 0. The monoisotopic (exact) mass is 920 g/mol. The van der Waals surface area contributed by atoms with E-state index in [0.29, 0.717) is 34.3 Å². The first-order chi connectivity index (χ1) is 35.7. The first kappa shape index (κ1) is 39.9. The molecule has 8 nitrogen and oxygen atoms in total. The second kappa shape index (κ2) is 15.5. The van der Waals surface area contributed by atoms with Crippen LogP contribution in [-0.2, 0) is 0 Å². The average molecular weight is 921 g/mol. The van der Waals surface area contributed by atoms with E-state index in [0.717, 1.165) is 115 Å². The smallest absolute Gasteiger partial charge is 0.166 e. The molecule has 334 valence electrons. The van der Waals surface area contributed by atoms with Gasteiger partial charge < -0.3 is 18.0 Å². The van der Waals surface area contributed by atoms with Crippen molar-refractivity contribution in [1.29, 1.82) is 5.26 Å². The topological polar surface area (TPSA) is 98.6 Å². The van der Waals surface area contributed by atoms with Gasteiger partial charge in [-0.15, -0.1) is 0 Å². The van der Waals surface area contributed by atoms with E-state index in [-0.39, 0.29) is 0 Å². The molecule has 0 fully saturated rings. The van der Waals surface area contributed by atoms with Gasteiger partial charge in [0.15, 0.2) is 17.5 Å². The van der Waals surface area contributed by atoms with Crippen molar-refractivity contribution in [2.75, 3.05) is 0 Å². The molecule has 8 heteroatoms. The van der Waals surface area contributed by atoms with Gasteiger partial charge in [0.2, 0.25) is 0 Å². The number of benzene rings is 10. The highest BCUT2D eigenvalue weighted by Gasteiger charge is 2.31. The normalized spacial score (nSPS) is 11.9. The van der Waals surface area contributed by atoms with Crippen LogP contribution in [0.2, 0.25) is 0 Å². The maximum Gasteiger partial charge on any atom is 0.166 e. The van der Waals surface area contributed by atoms with Crippen LogP contribution >= 0.6 is 0 Å². The molecule has 0 amide bonds. The predicted octanol–water partition coefficient (Wildman–Crippen LogP) is 16.4. The molecule has 0 unspecified atom stereocenters. The Labute approximate surface area is 410 Å². The van der Waals surface area contributed by atoms with Gasteiger partial charge in [0.25, 0.3) is 0 Å². The maximum atomic E-state index is 12.0. The SMILES string of the molecule is N#Cc1cc(-c2nc(-c3ccccc3)nc(-c3ccccc3)n2)c(-n2c3ccccc3c3ccc4oc5ccccc5c4c32)c(-c2ccccc2)c1-n1c2ccccc2c2ccc3oc4ccccc4c3c21.